The molecule has 0 aliphatic carbocycles. The molecule has 3 aliphatic rings. The molecular formula is C25H30N4O4. The van der Waals surface area contributed by atoms with E-state index in [9.17, 15) is 9.59 Å². The van der Waals surface area contributed by atoms with Crippen molar-refractivity contribution < 1.29 is 19.1 Å². The van der Waals surface area contributed by atoms with Crippen LogP contribution in [0.1, 0.15) is 42.5 Å². The molecular weight excluding hydrogens is 420 g/mol. The van der Waals surface area contributed by atoms with Crippen LogP contribution in [0.5, 0.6) is 11.5 Å². The van der Waals surface area contributed by atoms with E-state index in [0.717, 1.165) is 63.4 Å². The van der Waals surface area contributed by atoms with Crippen molar-refractivity contribution in [3.8, 4) is 11.5 Å². The van der Waals surface area contributed by atoms with E-state index < -0.39 is 0 Å². The third-order valence-corrected chi connectivity index (χ3v) is 6.64. The Morgan fingerprint density at radius 1 is 0.909 bits per heavy atom. The first-order valence-electron chi connectivity index (χ1n) is 11.9. The van der Waals surface area contributed by atoms with Crippen LogP contribution in [0, 0.1) is 5.92 Å². The molecule has 1 N–H and O–H groups in total. The topological polar surface area (TPSA) is 84.0 Å². The first-order valence-corrected chi connectivity index (χ1v) is 11.9. The van der Waals surface area contributed by atoms with Crippen molar-refractivity contribution in [2.45, 2.75) is 32.1 Å². The van der Waals surface area contributed by atoms with Crippen molar-refractivity contribution in [2.75, 3.05) is 49.6 Å². The van der Waals surface area contributed by atoms with Gasteiger partial charge in [0.05, 0.1) is 0 Å². The van der Waals surface area contributed by atoms with Gasteiger partial charge in [-0.25, -0.2) is 4.98 Å². The smallest absolute Gasteiger partial charge is 0.254 e. The maximum Gasteiger partial charge on any atom is 0.254 e. The minimum Gasteiger partial charge on any atom is -0.486 e. The molecule has 0 unspecified atom stereocenters. The van der Waals surface area contributed by atoms with E-state index in [1.807, 2.05) is 29.2 Å². The summed E-state index contributed by atoms with van der Waals surface area (Å²) in [6, 6.07) is 9.18. The summed E-state index contributed by atoms with van der Waals surface area (Å²) in [6.45, 7) is 4.19. The summed E-state index contributed by atoms with van der Waals surface area (Å²) < 4.78 is 11.1. The van der Waals surface area contributed by atoms with Gasteiger partial charge in [0.15, 0.2) is 11.5 Å². The molecule has 8 nitrogen and oxygen atoms in total. The Hall–Kier alpha value is -3.29. The molecule has 0 saturated carbocycles. The van der Waals surface area contributed by atoms with E-state index in [4.69, 9.17) is 9.47 Å². The van der Waals surface area contributed by atoms with Gasteiger partial charge in [-0.3, -0.25) is 9.59 Å². The van der Waals surface area contributed by atoms with Crippen LogP contribution < -0.4 is 19.7 Å². The molecule has 0 atom stereocenters. The molecule has 33 heavy (non-hydrogen) atoms. The number of carbonyl (C=O) groups excluding carboxylic acids is 2. The van der Waals surface area contributed by atoms with Crippen molar-refractivity contribution in [2.24, 2.45) is 5.92 Å². The average molecular weight is 451 g/mol. The number of benzene rings is 1. The van der Waals surface area contributed by atoms with Crippen molar-refractivity contribution in [1.29, 1.82) is 0 Å². The summed E-state index contributed by atoms with van der Waals surface area (Å²) in [7, 11) is 0. The standard InChI is InChI=1S/C25H30N4O4/c30-24(27-20-4-5-21-22(17-20)33-15-14-32-21)18-7-12-28(13-8-18)23-16-19(6-9-26-23)25(31)29-10-2-1-3-11-29/h4-6,9,16-18H,1-3,7-8,10-15H2,(H,27,30). The molecule has 4 heterocycles. The highest BCUT2D eigenvalue weighted by atomic mass is 16.6. The quantitative estimate of drug-likeness (QED) is 0.769. The van der Waals surface area contributed by atoms with Crippen LogP contribution in [-0.4, -0.2) is 61.1 Å². The number of piperidine rings is 2. The molecule has 2 saturated heterocycles. The monoisotopic (exact) mass is 450 g/mol. The molecule has 1 aromatic carbocycles. The maximum absolute atomic E-state index is 12.8. The first kappa shape index (κ1) is 21.6. The molecule has 0 bridgehead atoms. The predicted molar refractivity (Wildman–Crippen MR) is 125 cm³/mol. The largest absolute Gasteiger partial charge is 0.486 e. The minimum atomic E-state index is -0.0624. The van der Waals surface area contributed by atoms with Gasteiger partial charge in [0.1, 0.15) is 19.0 Å². The summed E-state index contributed by atoms with van der Waals surface area (Å²) in [5.41, 5.74) is 1.41. The van der Waals surface area contributed by atoms with Gasteiger partial charge >= 0.3 is 0 Å². The number of fused-ring (bicyclic) bond motifs is 1. The number of carbonyl (C=O) groups is 2. The average Bonchev–Trinajstić information content (AvgIpc) is 2.89. The van der Waals surface area contributed by atoms with Gasteiger partial charge in [-0.1, -0.05) is 0 Å². The molecule has 2 aromatic rings. The van der Waals surface area contributed by atoms with Crippen molar-refractivity contribution in [1.82, 2.24) is 9.88 Å². The van der Waals surface area contributed by atoms with Crippen LogP contribution in [-0.2, 0) is 4.79 Å². The van der Waals surface area contributed by atoms with E-state index in [-0.39, 0.29) is 17.7 Å². The van der Waals surface area contributed by atoms with E-state index in [1.54, 1.807) is 12.3 Å². The fraction of sp³-hybridized carbons (Fsp3) is 0.480. The molecule has 3 aliphatic heterocycles. The molecule has 174 valence electrons. The molecule has 0 radical (unpaired) electrons. The number of anilines is 2. The molecule has 0 spiro atoms. The normalized spacial score (nSPS) is 18.7. The van der Waals surface area contributed by atoms with Crippen LogP contribution in [0.3, 0.4) is 0 Å². The summed E-state index contributed by atoms with van der Waals surface area (Å²) >= 11 is 0. The molecule has 2 amide bonds. The van der Waals surface area contributed by atoms with Gasteiger partial charge in [-0.05, 0) is 56.4 Å². The lowest BCUT2D eigenvalue weighted by molar-refractivity contribution is -0.120. The third-order valence-electron chi connectivity index (χ3n) is 6.64. The number of amides is 2. The number of pyridine rings is 1. The Kier molecular flexibility index (Phi) is 6.32. The second-order valence-electron chi connectivity index (χ2n) is 8.86. The minimum absolute atomic E-state index is 0.0216. The van der Waals surface area contributed by atoms with E-state index in [1.165, 1.54) is 6.42 Å². The van der Waals surface area contributed by atoms with Crippen LogP contribution >= 0.6 is 0 Å². The summed E-state index contributed by atoms with van der Waals surface area (Å²) in [4.78, 5) is 34.3. The third kappa shape index (κ3) is 4.89. The van der Waals surface area contributed by atoms with Gasteiger partial charge in [-0.2, -0.15) is 0 Å². The number of aromatic nitrogens is 1. The molecule has 2 fully saturated rings. The lowest BCUT2D eigenvalue weighted by Crippen LogP contribution is -2.39. The maximum atomic E-state index is 12.8. The number of likely N-dealkylation sites (tertiary alicyclic amines) is 1. The van der Waals surface area contributed by atoms with Gasteiger partial charge in [-0.15, -0.1) is 0 Å². The Balaban J connectivity index is 1.17. The Morgan fingerprint density at radius 3 is 2.45 bits per heavy atom. The number of rotatable bonds is 4. The zero-order valence-electron chi connectivity index (χ0n) is 18.8. The number of hydrogen-bond acceptors (Lipinski definition) is 6. The van der Waals surface area contributed by atoms with E-state index >= 15 is 0 Å². The molecule has 5 rings (SSSR count). The lowest BCUT2D eigenvalue weighted by Gasteiger charge is -2.32. The Labute approximate surface area is 193 Å². The number of nitrogens with one attached hydrogen (secondary N) is 1. The van der Waals surface area contributed by atoms with Crippen molar-refractivity contribution in [3.63, 3.8) is 0 Å². The Morgan fingerprint density at radius 2 is 1.67 bits per heavy atom. The van der Waals surface area contributed by atoms with Crippen LogP contribution in [0.4, 0.5) is 11.5 Å². The second kappa shape index (κ2) is 9.68. The highest BCUT2D eigenvalue weighted by Gasteiger charge is 2.27. The zero-order chi connectivity index (χ0) is 22.6. The zero-order valence-corrected chi connectivity index (χ0v) is 18.8. The predicted octanol–water partition coefficient (Wildman–Crippen LogP) is 3.33. The molecule has 1 aromatic heterocycles. The van der Waals surface area contributed by atoms with Crippen molar-refractivity contribution >= 4 is 23.3 Å². The Bertz CT molecular complexity index is 1010. The van der Waals surface area contributed by atoms with Gasteiger partial charge in [0, 0.05) is 55.6 Å². The number of ether oxygens (including phenoxy) is 2. The summed E-state index contributed by atoms with van der Waals surface area (Å²) in [5, 5.41) is 3.02. The van der Waals surface area contributed by atoms with Gasteiger partial charge in [0.2, 0.25) is 5.91 Å². The fourth-order valence-electron chi connectivity index (χ4n) is 4.74. The number of nitrogens with zero attached hydrogens (tertiary/aromatic N) is 3. The summed E-state index contributed by atoms with van der Waals surface area (Å²) in [5.74, 6) is 2.23. The van der Waals surface area contributed by atoms with Crippen molar-refractivity contribution in [3.05, 3.63) is 42.1 Å². The SMILES string of the molecule is O=C(Nc1ccc2c(c1)OCCO2)C1CCN(c2cc(C(=O)N3CCCCC3)ccn2)CC1. The fourth-order valence-corrected chi connectivity index (χ4v) is 4.74. The van der Waals surface area contributed by atoms with Crippen LogP contribution in [0.25, 0.3) is 0 Å². The highest BCUT2D eigenvalue weighted by molar-refractivity contribution is 5.95. The number of hydrogen-bond donors (Lipinski definition) is 1. The molecule has 8 heteroatoms. The van der Waals surface area contributed by atoms with Crippen LogP contribution in [0.15, 0.2) is 36.5 Å². The second-order valence-corrected chi connectivity index (χ2v) is 8.86. The first-order chi connectivity index (χ1) is 16.2. The van der Waals surface area contributed by atoms with Crippen LogP contribution in [0.2, 0.25) is 0 Å². The van der Waals surface area contributed by atoms with Gasteiger partial charge in [0.25, 0.3) is 5.91 Å². The lowest BCUT2D eigenvalue weighted by atomic mass is 9.95. The summed E-state index contributed by atoms with van der Waals surface area (Å²) in [6.07, 6.45) is 6.54. The van der Waals surface area contributed by atoms with E-state index in [0.29, 0.717) is 30.3 Å². The highest BCUT2D eigenvalue weighted by Crippen LogP contribution is 2.33. The van der Waals surface area contributed by atoms with E-state index in [2.05, 4.69) is 15.2 Å². The van der Waals surface area contributed by atoms with Gasteiger partial charge < -0.3 is 24.6 Å².